The van der Waals surface area contributed by atoms with Crippen molar-refractivity contribution in [3.63, 3.8) is 0 Å². The Bertz CT molecular complexity index is 203. The summed E-state index contributed by atoms with van der Waals surface area (Å²) in [6, 6.07) is 0.211. The number of hydrogen-bond donors (Lipinski definition) is 2. The Labute approximate surface area is 96.9 Å². The molecule has 0 spiro atoms. The van der Waals surface area contributed by atoms with Gasteiger partial charge in [0.2, 0.25) is 5.91 Å². The highest BCUT2D eigenvalue weighted by Crippen LogP contribution is 1.98. The van der Waals surface area contributed by atoms with E-state index in [0.29, 0.717) is 32.8 Å². The van der Waals surface area contributed by atoms with E-state index in [9.17, 15) is 4.79 Å². The van der Waals surface area contributed by atoms with Crippen LogP contribution in [0.1, 0.15) is 20.3 Å². The van der Waals surface area contributed by atoms with Gasteiger partial charge in [-0.05, 0) is 13.8 Å². The van der Waals surface area contributed by atoms with E-state index in [1.165, 1.54) is 0 Å². The normalized spacial score (nSPS) is 21.1. The van der Waals surface area contributed by atoms with Crippen molar-refractivity contribution in [1.82, 2.24) is 10.6 Å². The molecule has 2 N–H and O–H groups in total. The van der Waals surface area contributed by atoms with E-state index >= 15 is 0 Å². The maximum atomic E-state index is 11.3. The molecule has 1 atom stereocenters. The summed E-state index contributed by atoms with van der Waals surface area (Å²) in [5, 5.41) is 6.04. The van der Waals surface area contributed by atoms with Gasteiger partial charge in [-0.25, -0.2) is 0 Å². The average Bonchev–Trinajstić information content (AvgIpc) is 2.25. The summed E-state index contributed by atoms with van der Waals surface area (Å²) < 4.78 is 10.7. The molecule has 1 aliphatic heterocycles. The zero-order valence-corrected chi connectivity index (χ0v) is 10.1. The second kappa shape index (κ2) is 7.60. The minimum absolute atomic E-state index is 0.0864. The lowest BCUT2D eigenvalue weighted by Gasteiger charge is -2.23. The summed E-state index contributed by atoms with van der Waals surface area (Å²) >= 11 is 0. The van der Waals surface area contributed by atoms with Crippen LogP contribution in [0.2, 0.25) is 0 Å². The third-order valence-corrected chi connectivity index (χ3v) is 2.24. The molecule has 1 saturated heterocycles. The van der Waals surface area contributed by atoms with E-state index in [0.717, 1.165) is 6.54 Å². The van der Waals surface area contributed by atoms with Gasteiger partial charge in [0.05, 0.1) is 25.9 Å². The summed E-state index contributed by atoms with van der Waals surface area (Å²) in [7, 11) is 0. The van der Waals surface area contributed by atoms with Crippen LogP contribution < -0.4 is 10.6 Å². The van der Waals surface area contributed by atoms with Gasteiger partial charge in [-0.15, -0.1) is 0 Å². The lowest BCUT2D eigenvalue weighted by Crippen LogP contribution is -2.39. The molecular weight excluding hydrogens is 208 g/mol. The minimum atomic E-state index is 0.0864. The molecule has 5 nitrogen and oxygen atoms in total. The molecule has 0 aliphatic carbocycles. The lowest BCUT2D eigenvalue weighted by atomic mass is 10.3. The van der Waals surface area contributed by atoms with Crippen LogP contribution in [0.4, 0.5) is 0 Å². The van der Waals surface area contributed by atoms with Crippen LogP contribution in [0.3, 0.4) is 0 Å². The van der Waals surface area contributed by atoms with Crippen molar-refractivity contribution >= 4 is 5.91 Å². The highest BCUT2D eigenvalue weighted by Gasteiger charge is 2.13. The van der Waals surface area contributed by atoms with Crippen molar-refractivity contribution in [2.75, 3.05) is 32.9 Å². The smallest absolute Gasteiger partial charge is 0.221 e. The molecule has 5 heteroatoms. The van der Waals surface area contributed by atoms with Crippen LogP contribution in [0, 0.1) is 0 Å². The van der Waals surface area contributed by atoms with Crippen LogP contribution in [0.25, 0.3) is 0 Å². The summed E-state index contributed by atoms with van der Waals surface area (Å²) in [4.78, 5) is 11.3. The van der Waals surface area contributed by atoms with Gasteiger partial charge in [0, 0.05) is 25.6 Å². The van der Waals surface area contributed by atoms with E-state index in [-0.39, 0.29) is 18.1 Å². The summed E-state index contributed by atoms with van der Waals surface area (Å²) in [5.74, 6) is 0.0864. The van der Waals surface area contributed by atoms with E-state index < -0.39 is 0 Å². The zero-order chi connectivity index (χ0) is 11.8. The number of hydrogen-bond acceptors (Lipinski definition) is 4. The lowest BCUT2D eigenvalue weighted by molar-refractivity contribution is -0.121. The van der Waals surface area contributed by atoms with E-state index in [1.807, 2.05) is 13.8 Å². The van der Waals surface area contributed by atoms with Crippen molar-refractivity contribution in [1.29, 1.82) is 0 Å². The molecule has 16 heavy (non-hydrogen) atoms. The molecule has 0 aromatic heterocycles. The summed E-state index contributed by atoms with van der Waals surface area (Å²) in [6.07, 6.45) is 0.632. The van der Waals surface area contributed by atoms with Gasteiger partial charge in [0.25, 0.3) is 0 Å². The van der Waals surface area contributed by atoms with Gasteiger partial charge in [0.15, 0.2) is 0 Å². The number of carbonyl (C=O) groups is 1. The van der Waals surface area contributed by atoms with Gasteiger partial charge in [0.1, 0.15) is 0 Å². The molecule has 1 amide bonds. The Hall–Kier alpha value is -0.650. The fourth-order valence-electron chi connectivity index (χ4n) is 1.51. The third-order valence-electron chi connectivity index (χ3n) is 2.24. The van der Waals surface area contributed by atoms with Gasteiger partial charge < -0.3 is 20.1 Å². The fraction of sp³-hybridized carbons (Fsp3) is 0.909. The SMILES string of the molecule is CC(C)NC(=O)CCNCC1COCCO1. The largest absolute Gasteiger partial charge is 0.376 e. The molecule has 0 aromatic carbocycles. The van der Waals surface area contributed by atoms with Crippen molar-refractivity contribution in [3.05, 3.63) is 0 Å². The number of carbonyl (C=O) groups excluding carboxylic acids is 1. The number of nitrogens with one attached hydrogen (secondary N) is 2. The van der Waals surface area contributed by atoms with Gasteiger partial charge in [-0.1, -0.05) is 0 Å². The molecule has 0 saturated carbocycles. The van der Waals surface area contributed by atoms with Gasteiger partial charge in [-0.3, -0.25) is 4.79 Å². The Balaban J connectivity index is 1.96. The van der Waals surface area contributed by atoms with Crippen LogP contribution in [0.5, 0.6) is 0 Å². The van der Waals surface area contributed by atoms with Crippen LogP contribution in [-0.4, -0.2) is 51.0 Å². The maximum Gasteiger partial charge on any atom is 0.221 e. The first kappa shape index (κ1) is 13.4. The molecule has 0 bridgehead atoms. The molecule has 1 aliphatic rings. The van der Waals surface area contributed by atoms with Crippen LogP contribution in [-0.2, 0) is 14.3 Å². The van der Waals surface area contributed by atoms with E-state index in [1.54, 1.807) is 0 Å². The Morgan fingerprint density at radius 1 is 1.44 bits per heavy atom. The topological polar surface area (TPSA) is 59.6 Å². The molecule has 1 unspecified atom stereocenters. The van der Waals surface area contributed by atoms with Crippen LogP contribution in [0.15, 0.2) is 0 Å². The molecule has 1 heterocycles. The second-order valence-corrected chi connectivity index (χ2v) is 4.24. The summed E-state index contributed by atoms with van der Waals surface area (Å²) in [6.45, 7) is 7.34. The number of rotatable bonds is 6. The first-order chi connectivity index (χ1) is 7.68. The van der Waals surface area contributed by atoms with E-state index in [4.69, 9.17) is 9.47 Å². The first-order valence-electron chi connectivity index (χ1n) is 5.88. The quantitative estimate of drug-likeness (QED) is 0.626. The Morgan fingerprint density at radius 3 is 2.88 bits per heavy atom. The average molecular weight is 230 g/mol. The highest BCUT2D eigenvalue weighted by molar-refractivity contribution is 5.76. The van der Waals surface area contributed by atoms with Gasteiger partial charge in [-0.2, -0.15) is 0 Å². The predicted octanol–water partition coefficient (Wildman–Crippen LogP) is -0.0939. The predicted molar refractivity (Wildman–Crippen MR) is 61.3 cm³/mol. The third kappa shape index (κ3) is 6.05. The van der Waals surface area contributed by atoms with Crippen LogP contribution >= 0.6 is 0 Å². The fourth-order valence-corrected chi connectivity index (χ4v) is 1.51. The van der Waals surface area contributed by atoms with Crippen molar-refractivity contribution in [3.8, 4) is 0 Å². The van der Waals surface area contributed by atoms with Crippen molar-refractivity contribution < 1.29 is 14.3 Å². The second-order valence-electron chi connectivity index (χ2n) is 4.24. The molecule has 0 radical (unpaired) electrons. The molecule has 1 fully saturated rings. The monoisotopic (exact) mass is 230 g/mol. The molecule has 94 valence electrons. The standard InChI is InChI=1S/C11H22N2O3/c1-9(2)13-11(14)3-4-12-7-10-8-15-5-6-16-10/h9-10,12H,3-8H2,1-2H3,(H,13,14). The number of amides is 1. The van der Waals surface area contributed by atoms with Crippen molar-refractivity contribution in [2.24, 2.45) is 0 Å². The zero-order valence-electron chi connectivity index (χ0n) is 10.1. The summed E-state index contributed by atoms with van der Waals surface area (Å²) in [5.41, 5.74) is 0. The van der Waals surface area contributed by atoms with E-state index in [2.05, 4.69) is 10.6 Å². The Kier molecular flexibility index (Phi) is 6.37. The first-order valence-corrected chi connectivity index (χ1v) is 5.88. The molecular formula is C11H22N2O3. The Morgan fingerprint density at radius 2 is 2.25 bits per heavy atom. The minimum Gasteiger partial charge on any atom is -0.376 e. The number of ether oxygens (including phenoxy) is 2. The maximum absolute atomic E-state index is 11.3. The molecule has 1 rings (SSSR count). The highest BCUT2D eigenvalue weighted by atomic mass is 16.6. The van der Waals surface area contributed by atoms with Gasteiger partial charge >= 0.3 is 0 Å². The van der Waals surface area contributed by atoms with Crippen molar-refractivity contribution in [2.45, 2.75) is 32.4 Å². The molecule has 0 aromatic rings.